The van der Waals surface area contributed by atoms with Crippen LogP contribution < -0.4 is 10.2 Å². The number of hydrogen-bond donors (Lipinski definition) is 1. The van der Waals surface area contributed by atoms with Crippen molar-refractivity contribution in [3.63, 3.8) is 0 Å². The van der Waals surface area contributed by atoms with Crippen LogP contribution >= 0.6 is 0 Å². The molecule has 0 saturated carbocycles. The van der Waals surface area contributed by atoms with E-state index >= 15 is 0 Å². The Morgan fingerprint density at radius 2 is 1.69 bits per heavy atom. The third-order valence-corrected chi connectivity index (χ3v) is 6.80. The second-order valence-corrected chi connectivity index (χ2v) is 9.30. The van der Waals surface area contributed by atoms with Crippen molar-refractivity contribution >= 4 is 28.3 Å². The van der Waals surface area contributed by atoms with Crippen molar-refractivity contribution in [2.75, 3.05) is 32.1 Å². The van der Waals surface area contributed by atoms with Gasteiger partial charge in [-0.05, 0) is 50.0 Å². The standard InChI is InChI=1S/C25H25N3O3S/c1-27(2)15-14-26-24(29)19-12-13-23-21(16-19)28(17-18-8-4-3-5-9-18)25(30)20-10-6-7-11-22(20)32(23)31/h3-13,16H,14-15,17H2,1-2H3,(H,26,29)/t32-/m1/s1. The van der Waals surface area contributed by atoms with E-state index in [-0.39, 0.29) is 11.8 Å². The monoisotopic (exact) mass is 447 g/mol. The number of nitrogens with one attached hydrogen (secondary N) is 1. The van der Waals surface area contributed by atoms with E-state index in [0.29, 0.717) is 46.2 Å². The molecule has 3 aromatic rings. The number of amides is 2. The van der Waals surface area contributed by atoms with Crippen LogP contribution in [0.4, 0.5) is 5.69 Å². The molecule has 1 N–H and O–H groups in total. The van der Waals surface area contributed by atoms with Gasteiger partial charge in [-0.2, -0.15) is 0 Å². The van der Waals surface area contributed by atoms with Crippen LogP contribution in [0.2, 0.25) is 0 Å². The molecule has 1 aliphatic rings. The summed E-state index contributed by atoms with van der Waals surface area (Å²) in [4.78, 5) is 30.9. The van der Waals surface area contributed by atoms with Crippen molar-refractivity contribution in [3.8, 4) is 0 Å². The summed E-state index contributed by atoms with van der Waals surface area (Å²) in [6, 6.07) is 21.6. The Kier molecular flexibility index (Phi) is 6.48. The molecule has 4 rings (SSSR count). The summed E-state index contributed by atoms with van der Waals surface area (Å²) in [7, 11) is 2.34. The molecule has 1 heterocycles. The van der Waals surface area contributed by atoms with Crippen LogP contribution in [0.3, 0.4) is 0 Å². The van der Waals surface area contributed by atoms with Crippen LogP contribution in [0.5, 0.6) is 0 Å². The molecule has 1 atom stereocenters. The van der Waals surface area contributed by atoms with Crippen molar-refractivity contribution < 1.29 is 13.8 Å². The van der Waals surface area contributed by atoms with Gasteiger partial charge in [-0.3, -0.25) is 9.59 Å². The van der Waals surface area contributed by atoms with E-state index in [2.05, 4.69) is 5.32 Å². The van der Waals surface area contributed by atoms with Crippen LogP contribution in [0, 0.1) is 0 Å². The number of anilines is 1. The Morgan fingerprint density at radius 1 is 0.969 bits per heavy atom. The highest BCUT2D eigenvalue weighted by Crippen LogP contribution is 2.36. The molecule has 0 aromatic heterocycles. The molecule has 0 radical (unpaired) electrons. The molecular formula is C25H25N3O3S. The van der Waals surface area contributed by atoms with Crippen molar-refractivity contribution in [2.45, 2.75) is 16.3 Å². The van der Waals surface area contributed by atoms with Crippen LogP contribution in [-0.4, -0.2) is 48.1 Å². The molecule has 2 amide bonds. The lowest BCUT2D eigenvalue weighted by molar-refractivity contribution is 0.0947. The van der Waals surface area contributed by atoms with Gasteiger partial charge in [-0.15, -0.1) is 0 Å². The lowest BCUT2D eigenvalue weighted by Crippen LogP contribution is -2.32. The maximum Gasteiger partial charge on any atom is 0.259 e. The van der Waals surface area contributed by atoms with E-state index in [9.17, 15) is 13.8 Å². The van der Waals surface area contributed by atoms with E-state index < -0.39 is 10.8 Å². The van der Waals surface area contributed by atoms with E-state index in [1.165, 1.54) is 0 Å². The summed E-state index contributed by atoms with van der Waals surface area (Å²) in [6.45, 7) is 1.53. The van der Waals surface area contributed by atoms with Gasteiger partial charge in [0.1, 0.15) is 0 Å². The predicted octanol–water partition coefficient (Wildman–Crippen LogP) is 3.31. The van der Waals surface area contributed by atoms with Gasteiger partial charge in [0, 0.05) is 18.7 Å². The highest BCUT2D eigenvalue weighted by molar-refractivity contribution is 7.85. The molecule has 7 heteroatoms. The van der Waals surface area contributed by atoms with E-state index in [1.807, 2.05) is 49.3 Å². The number of benzene rings is 3. The Morgan fingerprint density at radius 3 is 2.44 bits per heavy atom. The van der Waals surface area contributed by atoms with Gasteiger partial charge < -0.3 is 15.1 Å². The van der Waals surface area contributed by atoms with Crippen molar-refractivity contribution in [1.82, 2.24) is 10.2 Å². The molecule has 6 nitrogen and oxygen atoms in total. The number of carbonyl (C=O) groups is 2. The molecule has 0 bridgehead atoms. The smallest absolute Gasteiger partial charge is 0.259 e. The van der Waals surface area contributed by atoms with Crippen molar-refractivity contribution in [2.24, 2.45) is 0 Å². The number of nitrogens with zero attached hydrogens (tertiary/aromatic N) is 2. The normalized spacial score (nSPS) is 15.2. The maximum atomic E-state index is 13.6. The molecule has 32 heavy (non-hydrogen) atoms. The average Bonchev–Trinajstić information content (AvgIpc) is 2.89. The van der Waals surface area contributed by atoms with Crippen LogP contribution in [0.15, 0.2) is 82.6 Å². The molecule has 0 fully saturated rings. The van der Waals surface area contributed by atoms with E-state index in [4.69, 9.17) is 0 Å². The second kappa shape index (κ2) is 9.46. The highest BCUT2D eigenvalue weighted by Gasteiger charge is 2.31. The molecule has 164 valence electrons. The first-order valence-corrected chi connectivity index (χ1v) is 11.5. The summed E-state index contributed by atoms with van der Waals surface area (Å²) >= 11 is 0. The van der Waals surface area contributed by atoms with Crippen molar-refractivity contribution in [1.29, 1.82) is 0 Å². The summed E-state index contributed by atoms with van der Waals surface area (Å²) in [5.74, 6) is -0.462. The number of hydrogen-bond acceptors (Lipinski definition) is 4. The molecule has 0 aliphatic carbocycles. The summed E-state index contributed by atoms with van der Waals surface area (Å²) in [6.07, 6.45) is 0. The first-order chi connectivity index (χ1) is 15.5. The SMILES string of the molecule is CN(C)CCNC(=O)c1ccc2c(c1)N(Cc1ccccc1)C(=O)c1ccccc1[S@]2=O. The minimum Gasteiger partial charge on any atom is -0.351 e. The van der Waals surface area contributed by atoms with Gasteiger partial charge in [0.2, 0.25) is 0 Å². The first kappa shape index (κ1) is 21.9. The number of fused-ring (bicyclic) bond motifs is 2. The number of carbonyl (C=O) groups excluding carboxylic acids is 2. The van der Waals surface area contributed by atoms with Gasteiger partial charge in [-0.25, -0.2) is 4.21 Å². The van der Waals surface area contributed by atoms with Gasteiger partial charge in [0.15, 0.2) is 0 Å². The van der Waals surface area contributed by atoms with Crippen LogP contribution in [0.1, 0.15) is 26.3 Å². The van der Waals surface area contributed by atoms with E-state index in [1.54, 1.807) is 47.4 Å². The number of rotatable bonds is 6. The number of likely N-dealkylation sites (N-methyl/N-ethyl adjacent to an activating group) is 1. The Hall–Kier alpha value is -3.29. The molecule has 0 unspecified atom stereocenters. The highest BCUT2D eigenvalue weighted by atomic mass is 32.2. The summed E-state index contributed by atoms with van der Waals surface area (Å²) < 4.78 is 13.4. The molecule has 3 aromatic carbocycles. The van der Waals surface area contributed by atoms with Gasteiger partial charge in [-0.1, -0.05) is 42.5 Å². The quantitative estimate of drug-likeness (QED) is 0.630. The van der Waals surface area contributed by atoms with Crippen molar-refractivity contribution in [3.05, 3.63) is 89.5 Å². The Bertz CT molecular complexity index is 1180. The largest absolute Gasteiger partial charge is 0.351 e. The van der Waals surface area contributed by atoms with E-state index in [0.717, 1.165) is 5.56 Å². The predicted molar refractivity (Wildman–Crippen MR) is 125 cm³/mol. The zero-order valence-electron chi connectivity index (χ0n) is 18.1. The fourth-order valence-electron chi connectivity index (χ4n) is 3.62. The molecule has 0 spiro atoms. The third kappa shape index (κ3) is 4.49. The first-order valence-electron chi connectivity index (χ1n) is 10.4. The zero-order chi connectivity index (χ0) is 22.7. The topological polar surface area (TPSA) is 69.7 Å². The minimum absolute atomic E-state index is 0.227. The minimum atomic E-state index is -1.54. The zero-order valence-corrected chi connectivity index (χ0v) is 18.9. The Labute approximate surface area is 190 Å². The molecule has 1 aliphatic heterocycles. The fourth-order valence-corrected chi connectivity index (χ4v) is 4.97. The maximum absolute atomic E-state index is 13.6. The van der Waals surface area contributed by atoms with Crippen LogP contribution in [0.25, 0.3) is 0 Å². The third-order valence-electron chi connectivity index (χ3n) is 5.30. The van der Waals surface area contributed by atoms with Gasteiger partial charge >= 0.3 is 0 Å². The molecule has 0 saturated heterocycles. The summed E-state index contributed by atoms with van der Waals surface area (Å²) in [5, 5.41) is 2.90. The fraction of sp³-hybridized carbons (Fsp3) is 0.200. The average molecular weight is 448 g/mol. The Balaban J connectivity index is 1.77. The van der Waals surface area contributed by atoms with Gasteiger partial charge in [0.05, 0.1) is 38.4 Å². The second-order valence-electron chi connectivity index (χ2n) is 7.88. The lowest BCUT2D eigenvalue weighted by atomic mass is 10.1. The lowest BCUT2D eigenvalue weighted by Gasteiger charge is -2.23. The van der Waals surface area contributed by atoms with Crippen LogP contribution in [-0.2, 0) is 17.3 Å². The summed E-state index contributed by atoms with van der Waals surface area (Å²) in [5.41, 5.74) is 2.28. The van der Waals surface area contributed by atoms with Gasteiger partial charge in [0.25, 0.3) is 11.8 Å². The molecular weight excluding hydrogens is 422 g/mol.